The monoisotopic (exact) mass is 328 g/mol. The molecule has 1 heterocycles. The normalized spacial score (nSPS) is 15.6. The second kappa shape index (κ2) is 5.79. The number of nitrogens with two attached hydrogens (primary N) is 1. The van der Waals surface area contributed by atoms with Gasteiger partial charge in [0.15, 0.2) is 0 Å². The molecule has 0 radical (unpaired) electrons. The number of anilines is 1. The van der Waals surface area contributed by atoms with Gasteiger partial charge in [0.25, 0.3) is 0 Å². The van der Waals surface area contributed by atoms with Gasteiger partial charge in [0.2, 0.25) is 0 Å². The number of rotatable bonds is 1. The number of benzene rings is 1. The summed E-state index contributed by atoms with van der Waals surface area (Å²) in [4.78, 5) is 13.4. The van der Waals surface area contributed by atoms with Crippen LogP contribution in [0, 0.1) is 0 Å². The molecule has 0 aliphatic carbocycles. The van der Waals surface area contributed by atoms with Crippen LogP contribution in [0.3, 0.4) is 0 Å². The molecule has 0 saturated carbocycles. The van der Waals surface area contributed by atoms with Crippen LogP contribution in [0.25, 0.3) is 5.57 Å². The van der Waals surface area contributed by atoms with Crippen LogP contribution < -0.4 is 5.73 Å². The first kappa shape index (κ1) is 17.2. The van der Waals surface area contributed by atoms with E-state index in [9.17, 15) is 18.0 Å². The predicted octanol–water partition coefficient (Wildman–Crippen LogP) is 4.27. The molecule has 0 bridgehead atoms. The zero-order valence-corrected chi connectivity index (χ0v) is 13.2. The first-order chi connectivity index (χ1) is 10.5. The van der Waals surface area contributed by atoms with Crippen LogP contribution in [0.2, 0.25) is 0 Å². The van der Waals surface area contributed by atoms with Crippen molar-refractivity contribution in [3.63, 3.8) is 0 Å². The van der Waals surface area contributed by atoms with Gasteiger partial charge in [-0.25, -0.2) is 4.79 Å². The standard InChI is InChI=1S/C16H19F3N2O2/c1-15(2,3)23-14(22)21-7-6-10(9-21)12-5-4-11(8-13(12)20)16(17,18)19/h4-5,8-9H,6-7,20H2,1-3H3. The fourth-order valence-electron chi connectivity index (χ4n) is 2.26. The number of alkyl halides is 3. The molecule has 0 saturated heterocycles. The average molecular weight is 328 g/mol. The largest absolute Gasteiger partial charge is 0.443 e. The first-order valence-corrected chi connectivity index (χ1v) is 7.15. The Kier molecular flexibility index (Phi) is 4.32. The Bertz CT molecular complexity index is 646. The van der Waals surface area contributed by atoms with E-state index in [1.807, 2.05) is 0 Å². The predicted molar refractivity (Wildman–Crippen MR) is 81.4 cm³/mol. The van der Waals surface area contributed by atoms with Crippen molar-refractivity contribution in [2.45, 2.75) is 39.0 Å². The van der Waals surface area contributed by atoms with Gasteiger partial charge in [0.1, 0.15) is 5.60 Å². The van der Waals surface area contributed by atoms with E-state index in [2.05, 4.69) is 0 Å². The summed E-state index contributed by atoms with van der Waals surface area (Å²) in [6.45, 7) is 5.70. The summed E-state index contributed by atoms with van der Waals surface area (Å²) >= 11 is 0. The Hall–Kier alpha value is -2.18. The highest BCUT2D eigenvalue weighted by molar-refractivity contribution is 5.81. The maximum Gasteiger partial charge on any atom is 0.416 e. The number of ether oxygens (including phenoxy) is 1. The maximum absolute atomic E-state index is 12.7. The molecule has 0 fully saturated rings. The van der Waals surface area contributed by atoms with Crippen molar-refractivity contribution < 1.29 is 22.7 Å². The number of nitrogen functional groups attached to an aromatic ring is 1. The Morgan fingerprint density at radius 3 is 2.43 bits per heavy atom. The highest BCUT2D eigenvalue weighted by Crippen LogP contribution is 2.35. The van der Waals surface area contributed by atoms with E-state index in [1.54, 1.807) is 27.0 Å². The quantitative estimate of drug-likeness (QED) is 0.783. The fourth-order valence-corrected chi connectivity index (χ4v) is 2.26. The molecule has 2 N–H and O–H groups in total. The molecule has 0 atom stereocenters. The average Bonchev–Trinajstić information content (AvgIpc) is 2.85. The summed E-state index contributed by atoms with van der Waals surface area (Å²) in [5, 5.41) is 0. The van der Waals surface area contributed by atoms with Gasteiger partial charge in [0, 0.05) is 24.0 Å². The highest BCUT2D eigenvalue weighted by Gasteiger charge is 2.31. The van der Waals surface area contributed by atoms with Gasteiger partial charge in [0.05, 0.1) is 5.56 Å². The molecule has 2 rings (SSSR count). The number of halogens is 3. The van der Waals surface area contributed by atoms with E-state index in [0.29, 0.717) is 24.1 Å². The number of amides is 1. The van der Waals surface area contributed by atoms with E-state index in [-0.39, 0.29) is 5.69 Å². The first-order valence-electron chi connectivity index (χ1n) is 7.15. The third-order valence-corrected chi connectivity index (χ3v) is 3.29. The molecule has 0 unspecified atom stereocenters. The third-order valence-electron chi connectivity index (χ3n) is 3.29. The summed E-state index contributed by atoms with van der Waals surface area (Å²) in [7, 11) is 0. The number of carbonyl (C=O) groups excluding carboxylic acids is 1. The molecular formula is C16H19F3N2O2. The van der Waals surface area contributed by atoms with Gasteiger partial charge in [-0.15, -0.1) is 0 Å². The topological polar surface area (TPSA) is 55.6 Å². The molecule has 0 spiro atoms. The molecule has 23 heavy (non-hydrogen) atoms. The van der Waals surface area contributed by atoms with Crippen LogP contribution >= 0.6 is 0 Å². The minimum Gasteiger partial charge on any atom is -0.443 e. The SMILES string of the molecule is CC(C)(C)OC(=O)N1C=C(c2ccc(C(F)(F)F)cc2N)CC1. The maximum atomic E-state index is 12.7. The summed E-state index contributed by atoms with van der Waals surface area (Å²) in [6.07, 6.45) is -2.83. The van der Waals surface area contributed by atoms with Gasteiger partial charge in [-0.05, 0) is 44.9 Å². The Labute approximate surface area is 132 Å². The number of hydrogen-bond acceptors (Lipinski definition) is 3. The Balaban J connectivity index is 2.20. The van der Waals surface area contributed by atoms with Crippen LogP contribution in [0.5, 0.6) is 0 Å². The molecule has 0 aromatic heterocycles. The van der Waals surface area contributed by atoms with Crippen LogP contribution in [-0.2, 0) is 10.9 Å². The van der Waals surface area contributed by atoms with E-state index in [1.165, 1.54) is 11.0 Å². The van der Waals surface area contributed by atoms with Crippen LogP contribution in [0.1, 0.15) is 38.3 Å². The van der Waals surface area contributed by atoms with Gasteiger partial charge in [-0.2, -0.15) is 13.2 Å². The van der Waals surface area contributed by atoms with Crippen LogP contribution in [0.15, 0.2) is 24.4 Å². The minimum atomic E-state index is -4.43. The molecular weight excluding hydrogens is 309 g/mol. The zero-order chi connectivity index (χ0) is 17.4. The zero-order valence-electron chi connectivity index (χ0n) is 13.2. The van der Waals surface area contributed by atoms with E-state index in [0.717, 1.165) is 12.1 Å². The van der Waals surface area contributed by atoms with E-state index < -0.39 is 23.4 Å². The number of hydrogen-bond donors (Lipinski definition) is 1. The van der Waals surface area contributed by atoms with Crippen molar-refractivity contribution >= 4 is 17.4 Å². The summed E-state index contributed by atoms with van der Waals surface area (Å²) in [5.41, 5.74) is 5.60. The van der Waals surface area contributed by atoms with Crippen molar-refractivity contribution in [3.8, 4) is 0 Å². The van der Waals surface area contributed by atoms with Crippen molar-refractivity contribution in [2.24, 2.45) is 0 Å². The molecule has 7 heteroatoms. The molecule has 1 aliphatic rings. The minimum absolute atomic E-state index is 0.0390. The summed E-state index contributed by atoms with van der Waals surface area (Å²) in [6, 6.07) is 3.23. The smallest absolute Gasteiger partial charge is 0.416 e. The second-order valence-electron chi connectivity index (χ2n) is 6.38. The molecule has 1 amide bonds. The summed E-state index contributed by atoms with van der Waals surface area (Å²) < 4.78 is 43.3. The van der Waals surface area contributed by atoms with Crippen molar-refractivity contribution in [3.05, 3.63) is 35.5 Å². The Morgan fingerprint density at radius 1 is 1.26 bits per heavy atom. The van der Waals surface area contributed by atoms with Gasteiger partial charge in [-0.3, -0.25) is 4.90 Å². The summed E-state index contributed by atoms with van der Waals surface area (Å²) in [5.74, 6) is 0. The van der Waals surface area contributed by atoms with Gasteiger partial charge >= 0.3 is 12.3 Å². The lowest BCUT2D eigenvalue weighted by atomic mass is 10.0. The highest BCUT2D eigenvalue weighted by atomic mass is 19.4. The van der Waals surface area contributed by atoms with Gasteiger partial charge in [-0.1, -0.05) is 6.07 Å². The molecule has 4 nitrogen and oxygen atoms in total. The van der Waals surface area contributed by atoms with Crippen molar-refractivity contribution in [1.29, 1.82) is 0 Å². The van der Waals surface area contributed by atoms with E-state index >= 15 is 0 Å². The van der Waals surface area contributed by atoms with Crippen molar-refractivity contribution in [2.75, 3.05) is 12.3 Å². The molecule has 126 valence electrons. The third kappa shape index (κ3) is 4.18. The van der Waals surface area contributed by atoms with Crippen molar-refractivity contribution in [1.82, 2.24) is 4.90 Å². The molecule has 1 aromatic rings. The second-order valence-corrected chi connectivity index (χ2v) is 6.38. The molecule has 1 aromatic carbocycles. The number of nitrogens with zero attached hydrogens (tertiary/aromatic N) is 1. The van der Waals surface area contributed by atoms with Crippen LogP contribution in [-0.4, -0.2) is 23.1 Å². The Morgan fingerprint density at radius 2 is 1.91 bits per heavy atom. The van der Waals surface area contributed by atoms with E-state index in [4.69, 9.17) is 10.5 Å². The number of carbonyl (C=O) groups is 1. The lowest BCUT2D eigenvalue weighted by Gasteiger charge is -2.23. The lowest BCUT2D eigenvalue weighted by molar-refractivity contribution is -0.137. The van der Waals surface area contributed by atoms with Gasteiger partial charge < -0.3 is 10.5 Å². The fraction of sp³-hybridized carbons (Fsp3) is 0.438. The van der Waals surface area contributed by atoms with Crippen LogP contribution in [0.4, 0.5) is 23.7 Å². The lowest BCUT2D eigenvalue weighted by Crippen LogP contribution is -2.32. The molecule has 1 aliphatic heterocycles.